The molecule has 7 rings (SSSR count). The van der Waals surface area contributed by atoms with Crippen LogP contribution in [0.1, 0.15) is 57.6 Å². The van der Waals surface area contributed by atoms with E-state index in [1.165, 1.54) is 12.0 Å². The van der Waals surface area contributed by atoms with Crippen molar-refractivity contribution in [2.75, 3.05) is 20.3 Å². The Morgan fingerprint density at radius 1 is 1.18 bits per heavy atom. The topological polar surface area (TPSA) is 171 Å². The zero-order chi connectivity index (χ0) is 36.1. The Hall–Kier alpha value is -4.21. The molecule has 16 heteroatoms. The maximum atomic E-state index is 14.2. The number of hydrogen-bond donors (Lipinski definition) is 2. The standard InChI is InChI=1S/C35H41ClN6O8S/c1-20-13-14-42(39-20)29-17-28(25-11-12-27(48-3)30(36)31(25)37-29)50-23-16-26-32(43)38-35(34(45)40-51(46,47)24-9-10-24)18-22(35)8-6-4-5-7-15-49-21(2)33(44)41(26)19-23/h6,8,11-14,17,21-24,26H,4-5,7,9-10,15-16,18-19H2,1-3H3,(H,38,43)(H,40,45)/b8-6-/t21-,22-,23-,26+,35-/m1/s1. The first-order valence-corrected chi connectivity index (χ1v) is 19.2. The maximum absolute atomic E-state index is 14.2. The number of halogens is 1. The van der Waals surface area contributed by atoms with Crippen LogP contribution in [0.5, 0.6) is 11.5 Å². The van der Waals surface area contributed by atoms with Gasteiger partial charge in [0.1, 0.15) is 40.3 Å². The van der Waals surface area contributed by atoms with Crippen molar-refractivity contribution in [2.45, 2.75) is 87.8 Å². The summed E-state index contributed by atoms with van der Waals surface area (Å²) in [4.78, 5) is 47.9. The number of rotatable bonds is 7. The average Bonchev–Trinajstić information content (AvgIpc) is 3.99. The lowest BCUT2D eigenvalue weighted by atomic mass is 10.1. The molecule has 2 saturated carbocycles. The Morgan fingerprint density at radius 3 is 2.71 bits per heavy atom. The van der Waals surface area contributed by atoms with Crippen LogP contribution >= 0.6 is 11.6 Å². The Balaban J connectivity index is 1.21. The normalized spacial score (nSPS) is 27.8. The molecule has 3 amide bonds. The fourth-order valence-corrected chi connectivity index (χ4v) is 8.47. The van der Waals surface area contributed by atoms with E-state index in [0.29, 0.717) is 60.5 Å². The van der Waals surface area contributed by atoms with Crippen LogP contribution in [0.2, 0.25) is 5.02 Å². The number of carbonyl (C=O) groups excluding carboxylic acids is 3. The lowest BCUT2D eigenvalue weighted by Gasteiger charge is -2.28. The number of nitrogens with one attached hydrogen (secondary N) is 2. The van der Waals surface area contributed by atoms with E-state index in [4.69, 9.17) is 30.8 Å². The number of sulfonamides is 1. The highest BCUT2D eigenvalue weighted by Crippen LogP contribution is 2.46. The molecule has 14 nitrogen and oxygen atoms in total. The van der Waals surface area contributed by atoms with E-state index in [1.54, 1.807) is 36.0 Å². The van der Waals surface area contributed by atoms with Gasteiger partial charge < -0.3 is 24.4 Å². The molecule has 51 heavy (non-hydrogen) atoms. The molecule has 0 spiro atoms. The highest BCUT2D eigenvalue weighted by atomic mass is 35.5. The van der Waals surface area contributed by atoms with Crippen molar-refractivity contribution in [2.24, 2.45) is 5.92 Å². The highest BCUT2D eigenvalue weighted by molar-refractivity contribution is 7.91. The number of ether oxygens (including phenoxy) is 3. The molecule has 4 aliphatic rings. The molecule has 1 saturated heterocycles. The van der Waals surface area contributed by atoms with Crippen LogP contribution < -0.4 is 19.5 Å². The van der Waals surface area contributed by atoms with Crippen molar-refractivity contribution in [1.29, 1.82) is 0 Å². The van der Waals surface area contributed by atoms with Gasteiger partial charge in [-0.1, -0.05) is 23.8 Å². The molecule has 5 atom stereocenters. The summed E-state index contributed by atoms with van der Waals surface area (Å²) < 4.78 is 47.3. The number of amides is 3. The van der Waals surface area contributed by atoms with E-state index in [2.05, 4.69) is 15.1 Å². The summed E-state index contributed by atoms with van der Waals surface area (Å²) >= 11 is 6.73. The van der Waals surface area contributed by atoms with E-state index < -0.39 is 62.7 Å². The smallest absolute Gasteiger partial charge is 0.259 e. The number of allylic oxidation sites excluding steroid dienone is 1. The number of nitrogens with zero attached hydrogens (tertiary/aromatic N) is 4. The first-order valence-electron chi connectivity index (χ1n) is 17.2. The second kappa shape index (κ2) is 13.7. The minimum Gasteiger partial charge on any atom is -0.495 e. The second-order valence-corrected chi connectivity index (χ2v) is 16.1. The SMILES string of the molecule is COc1ccc2c(O[C@@H]3C[C@H]4C(=O)N[C@]5(C(=O)NS(=O)(=O)C6CC6)C[C@H]5/C=C\CCCCO[C@H](C)C(=O)N4C3)cc(-n3ccc(C)n3)nc2c1Cl. The Kier molecular flexibility index (Phi) is 9.48. The van der Waals surface area contributed by atoms with E-state index >= 15 is 0 Å². The molecular formula is C35H41ClN6O8S. The molecule has 2 aliphatic carbocycles. The fraction of sp³-hybridized carbons (Fsp3) is 0.514. The number of methoxy groups -OCH3 is 1. The number of aromatic nitrogens is 3. The molecule has 272 valence electrons. The molecule has 2 aromatic heterocycles. The van der Waals surface area contributed by atoms with E-state index in [-0.39, 0.29) is 24.4 Å². The molecule has 0 radical (unpaired) electrons. The fourth-order valence-electron chi connectivity index (χ4n) is 6.82. The predicted octanol–water partition coefficient (Wildman–Crippen LogP) is 3.37. The lowest BCUT2D eigenvalue weighted by Crippen LogP contribution is -2.57. The Morgan fingerprint density at radius 2 is 1.98 bits per heavy atom. The number of benzene rings is 1. The Labute approximate surface area is 300 Å². The average molecular weight is 741 g/mol. The molecule has 0 unspecified atom stereocenters. The Bertz CT molecular complexity index is 2020. The van der Waals surface area contributed by atoms with Crippen LogP contribution in [-0.4, -0.2) is 95.1 Å². The summed E-state index contributed by atoms with van der Waals surface area (Å²) in [5.41, 5.74) is -0.260. The second-order valence-electron chi connectivity index (χ2n) is 13.7. The molecule has 2 aliphatic heterocycles. The third kappa shape index (κ3) is 7.03. The van der Waals surface area contributed by atoms with Gasteiger partial charge in [-0.25, -0.2) is 18.1 Å². The number of carbonyl (C=O) groups is 3. The van der Waals surface area contributed by atoms with Crippen LogP contribution in [-0.2, 0) is 29.1 Å². The molecule has 1 aromatic carbocycles. The van der Waals surface area contributed by atoms with E-state index in [0.717, 1.165) is 12.1 Å². The summed E-state index contributed by atoms with van der Waals surface area (Å²) in [6.45, 7) is 3.93. The van der Waals surface area contributed by atoms with Crippen molar-refractivity contribution in [3.8, 4) is 17.3 Å². The van der Waals surface area contributed by atoms with Gasteiger partial charge in [-0.2, -0.15) is 5.10 Å². The summed E-state index contributed by atoms with van der Waals surface area (Å²) in [5.74, 6) is -0.863. The minimum atomic E-state index is -3.86. The minimum absolute atomic E-state index is 0.0487. The summed E-state index contributed by atoms with van der Waals surface area (Å²) in [7, 11) is -2.35. The van der Waals surface area contributed by atoms with Crippen LogP contribution in [0.3, 0.4) is 0 Å². The van der Waals surface area contributed by atoms with Crippen molar-refractivity contribution in [1.82, 2.24) is 29.7 Å². The molecular weight excluding hydrogens is 700 g/mol. The molecule has 2 N–H and O–H groups in total. The van der Waals surface area contributed by atoms with Crippen LogP contribution in [0.25, 0.3) is 16.7 Å². The van der Waals surface area contributed by atoms with Crippen molar-refractivity contribution in [3.63, 3.8) is 0 Å². The van der Waals surface area contributed by atoms with Crippen LogP contribution in [0.15, 0.2) is 42.6 Å². The molecule has 3 fully saturated rings. The van der Waals surface area contributed by atoms with Gasteiger partial charge in [0, 0.05) is 36.6 Å². The van der Waals surface area contributed by atoms with Gasteiger partial charge in [0.05, 0.1) is 30.1 Å². The molecule has 3 aromatic rings. The quantitative estimate of drug-likeness (QED) is 0.343. The predicted molar refractivity (Wildman–Crippen MR) is 187 cm³/mol. The van der Waals surface area contributed by atoms with E-state index in [9.17, 15) is 22.8 Å². The molecule has 0 bridgehead atoms. The number of hydrogen-bond acceptors (Lipinski definition) is 10. The van der Waals surface area contributed by atoms with Gasteiger partial charge in [-0.15, -0.1) is 0 Å². The van der Waals surface area contributed by atoms with Crippen molar-refractivity contribution < 1.29 is 37.0 Å². The van der Waals surface area contributed by atoms with Gasteiger partial charge in [-0.3, -0.25) is 19.1 Å². The van der Waals surface area contributed by atoms with Gasteiger partial charge in [0.15, 0.2) is 5.82 Å². The monoisotopic (exact) mass is 740 g/mol. The number of aryl methyl sites for hydroxylation is 1. The third-order valence-corrected chi connectivity index (χ3v) is 12.1. The van der Waals surface area contributed by atoms with E-state index in [1.807, 2.05) is 25.1 Å². The first-order chi connectivity index (χ1) is 24.4. The first kappa shape index (κ1) is 35.2. The van der Waals surface area contributed by atoms with Gasteiger partial charge in [0.2, 0.25) is 15.9 Å². The maximum Gasteiger partial charge on any atom is 0.259 e. The summed E-state index contributed by atoms with van der Waals surface area (Å²) in [6.07, 6.45) is 7.60. The zero-order valence-electron chi connectivity index (χ0n) is 28.6. The van der Waals surface area contributed by atoms with Gasteiger partial charge in [0.25, 0.3) is 11.8 Å². The van der Waals surface area contributed by atoms with Crippen molar-refractivity contribution >= 4 is 50.2 Å². The van der Waals surface area contributed by atoms with Gasteiger partial charge in [-0.05, 0) is 70.6 Å². The zero-order valence-corrected chi connectivity index (χ0v) is 30.2. The van der Waals surface area contributed by atoms with Crippen LogP contribution in [0, 0.1) is 12.8 Å². The summed E-state index contributed by atoms with van der Waals surface area (Å²) in [5, 5.41) is 7.64. The number of fused-ring (bicyclic) bond motifs is 3. The third-order valence-electron chi connectivity index (χ3n) is 9.97. The van der Waals surface area contributed by atoms with Crippen LogP contribution in [0.4, 0.5) is 0 Å². The highest BCUT2D eigenvalue weighted by Gasteiger charge is 2.62. The van der Waals surface area contributed by atoms with Gasteiger partial charge >= 0.3 is 0 Å². The largest absolute Gasteiger partial charge is 0.495 e. The van der Waals surface area contributed by atoms with Crippen molar-refractivity contribution in [3.05, 3.63) is 53.3 Å². The number of pyridine rings is 1. The lowest BCUT2D eigenvalue weighted by molar-refractivity contribution is -0.147. The summed E-state index contributed by atoms with van der Waals surface area (Å²) in [6, 6.07) is 6.02. The molecule has 4 heterocycles.